The van der Waals surface area contributed by atoms with E-state index in [9.17, 15) is 9.59 Å². The largest absolute Gasteiger partial charge is 0.508 e. The summed E-state index contributed by atoms with van der Waals surface area (Å²) in [6.45, 7) is 0. The Balaban J connectivity index is 0.000000249. The Morgan fingerprint density at radius 3 is 1.33 bits per heavy atom. The van der Waals surface area contributed by atoms with Gasteiger partial charge in [-0.05, 0) is 60.7 Å². The van der Waals surface area contributed by atoms with Crippen molar-refractivity contribution < 1.29 is 19.4 Å². The molecule has 0 aromatic heterocycles. The highest BCUT2D eigenvalue weighted by molar-refractivity contribution is 5.75. The van der Waals surface area contributed by atoms with Crippen molar-refractivity contribution in [2.75, 3.05) is 0 Å². The first-order valence-corrected chi connectivity index (χ1v) is 7.23. The lowest BCUT2D eigenvalue weighted by Crippen LogP contribution is -1.86. The van der Waals surface area contributed by atoms with Crippen LogP contribution in [0.2, 0.25) is 0 Å². The van der Waals surface area contributed by atoms with E-state index >= 15 is 0 Å². The first-order valence-electron chi connectivity index (χ1n) is 7.23. The van der Waals surface area contributed by atoms with Gasteiger partial charge in [-0.2, -0.15) is 0 Å². The topological polar surface area (TPSA) is 63.6 Å². The van der Waals surface area contributed by atoms with Crippen LogP contribution in [0, 0.1) is 0 Å². The first-order chi connectivity index (χ1) is 11.7. The van der Waals surface area contributed by atoms with Gasteiger partial charge in [0, 0.05) is 11.1 Å². The number of hydrogen-bond donors (Lipinski definition) is 1. The predicted molar refractivity (Wildman–Crippen MR) is 91.8 cm³/mol. The summed E-state index contributed by atoms with van der Waals surface area (Å²) in [5, 5.41) is 8.63. The Labute approximate surface area is 140 Å². The maximum absolute atomic E-state index is 10.5. The molecule has 0 radical (unpaired) electrons. The summed E-state index contributed by atoms with van der Waals surface area (Å²) in [5.74, 6) is 1.62. The second-order valence-electron chi connectivity index (χ2n) is 4.81. The molecule has 0 bridgehead atoms. The number of phenolic OH excluding ortho intramolecular Hbond substituents is 1. The second-order valence-corrected chi connectivity index (χ2v) is 4.81. The van der Waals surface area contributed by atoms with Crippen LogP contribution in [0.4, 0.5) is 0 Å². The fraction of sp³-hybridized carbons (Fsp3) is 0. The molecule has 0 atom stereocenters. The van der Waals surface area contributed by atoms with Crippen LogP contribution in [0.5, 0.6) is 17.2 Å². The SMILES string of the molecule is O=Cc1ccc(Oc2ccc(C=O)cc2)cc1.Oc1ccccc1. The highest BCUT2D eigenvalue weighted by Gasteiger charge is 1.98. The maximum Gasteiger partial charge on any atom is 0.150 e. The van der Waals surface area contributed by atoms with Crippen LogP contribution in [0.15, 0.2) is 78.9 Å². The number of phenols is 1. The monoisotopic (exact) mass is 320 g/mol. The lowest BCUT2D eigenvalue weighted by Gasteiger charge is -2.05. The van der Waals surface area contributed by atoms with Crippen LogP contribution in [-0.4, -0.2) is 17.7 Å². The van der Waals surface area contributed by atoms with Gasteiger partial charge in [-0.3, -0.25) is 9.59 Å². The van der Waals surface area contributed by atoms with Crippen LogP contribution in [0.1, 0.15) is 20.7 Å². The number of para-hydroxylation sites is 1. The Morgan fingerprint density at radius 2 is 1.04 bits per heavy atom. The zero-order valence-corrected chi connectivity index (χ0v) is 12.8. The van der Waals surface area contributed by atoms with Crippen molar-refractivity contribution in [2.24, 2.45) is 0 Å². The van der Waals surface area contributed by atoms with Gasteiger partial charge in [0.25, 0.3) is 0 Å². The average molecular weight is 320 g/mol. The van der Waals surface area contributed by atoms with Gasteiger partial charge in [0.05, 0.1) is 0 Å². The molecule has 0 aliphatic heterocycles. The van der Waals surface area contributed by atoms with E-state index in [0.717, 1.165) is 12.6 Å². The zero-order chi connectivity index (χ0) is 17.2. The summed E-state index contributed by atoms with van der Waals surface area (Å²) >= 11 is 0. The molecule has 1 N–H and O–H groups in total. The summed E-state index contributed by atoms with van der Waals surface area (Å²) < 4.78 is 5.55. The third-order valence-electron chi connectivity index (χ3n) is 3.02. The highest BCUT2D eigenvalue weighted by Crippen LogP contribution is 2.21. The van der Waals surface area contributed by atoms with Crippen molar-refractivity contribution in [3.63, 3.8) is 0 Å². The Morgan fingerprint density at radius 1 is 0.625 bits per heavy atom. The summed E-state index contributed by atoms with van der Waals surface area (Å²) in [6, 6.07) is 22.3. The van der Waals surface area contributed by atoms with E-state index in [4.69, 9.17) is 9.84 Å². The van der Waals surface area contributed by atoms with Crippen molar-refractivity contribution >= 4 is 12.6 Å². The fourth-order valence-electron chi connectivity index (χ4n) is 1.79. The van der Waals surface area contributed by atoms with Gasteiger partial charge in [0.2, 0.25) is 0 Å². The van der Waals surface area contributed by atoms with Gasteiger partial charge >= 0.3 is 0 Å². The molecule has 0 saturated heterocycles. The standard InChI is InChI=1S/C14H10O3.C6H6O/c15-9-11-1-5-13(6-2-11)17-14-7-3-12(10-16)4-8-14;7-6-4-2-1-3-5-6/h1-10H;1-5,7H. The van der Waals surface area contributed by atoms with E-state index in [2.05, 4.69) is 0 Å². The molecule has 0 heterocycles. The summed E-state index contributed by atoms with van der Waals surface area (Å²) in [4.78, 5) is 20.9. The Kier molecular flexibility index (Phi) is 6.29. The molecule has 3 rings (SSSR count). The molecule has 120 valence electrons. The first kappa shape index (κ1) is 17.0. The molecular formula is C20H16O4. The van der Waals surface area contributed by atoms with E-state index in [1.165, 1.54) is 0 Å². The molecule has 0 spiro atoms. The molecule has 4 heteroatoms. The number of aromatic hydroxyl groups is 1. The molecule has 0 amide bonds. The lowest BCUT2D eigenvalue weighted by molar-refractivity contribution is 0.111. The molecule has 3 aromatic carbocycles. The second kappa shape index (κ2) is 8.90. The lowest BCUT2D eigenvalue weighted by atomic mass is 10.2. The molecule has 0 saturated carbocycles. The van der Waals surface area contributed by atoms with Crippen LogP contribution < -0.4 is 4.74 Å². The maximum atomic E-state index is 10.5. The molecule has 0 unspecified atom stereocenters. The van der Waals surface area contributed by atoms with Gasteiger partial charge in [-0.1, -0.05) is 18.2 Å². The number of carbonyl (C=O) groups is 2. The highest BCUT2D eigenvalue weighted by atomic mass is 16.5. The quantitative estimate of drug-likeness (QED) is 0.719. The minimum atomic E-state index is 0.322. The van der Waals surface area contributed by atoms with Crippen LogP contribution in [-0.2, 0) is 0 Å². The van der Waals surface area contributed by atoms with Gasteiger partial charge in [0.15, 0.2) is 0 Å². The van der Waals surface area contributed by atoms with Crippen molar-refractivity contribution in [1.82, 2.24) is 0 Å². The molecular weight excluding hydrogens is 304 g/mol. The average Bonchev–Trinajstić information content (AvgIpc) is 2.64. The normalized spacial score (nSPS) is 9.33. The van der Waals surface area contributed by atoms with E-state index in [1.807, 2.05) is 6.07 Å². The van der Waals surface area contributed by atoms with Gasteiger partial charge < -0.3 is 9.84 Å². The van der Waals surface area contributed by atoms with Crippen molar-refractivity contribution in [3.05, 3.63) is 90.0 Å². The van der Waals surface area contributed by atoms with E-state index < -0.39 is 0 Å². The number of rotatable bonds is 4. The minimum absolute atomic E-state index is 0.322. The molecule has 4 nitrogen and oxygen atoms in total. The summed E-state index contributed by atoms with van der Waals surface area (Å²) in [6.07, 6.45) is 1.56. The Bertz CT molecular complexity index is 713. The number of aldehydes is 2. The number of benzene rings is 3. The molecule has 0 aliphatic rings. The molecule has 0 fully saturated rings. The fourth-order valence-corrected chi connectivity index (χ4v) is 1.79. The van der Waals surface area contributed by atoms with E-state index in [1.54, 1.807) is 72.8 Å². The van der Waals surface area contributed by atoms with Gasteiger partial charge in [-0.15, -0.1) is 0 Å². The van der Waals surface area contributed by atoms with Gasteiger partial charge in [0.1, 0.15) is 29.8 Å². The molecule has 24 heavy (non-hydrogen) atoms. The number of ether oxygens (including phenoxy) is 1. The predicted octanol–water partition coefficient (Wildman–Crippen LogP) is 4.50. The molecule has 0 aliphatic carbocycles. The summed E-state index contributed by atoms with van der Waals surface area (Å²) in [7, 11) is 0. The Hall–Kier alpha value is -3.40. The minimum Gasteiger partial charge on any atom is -0.508 e. The summed E-state index contributed by atoms with van der Waals surface area (Å²) in [5.41, 5.74) is 1.21. The van der Waals surface area contributed by atoms with Crippen LogP contribution >= 0.6 is 0 Å². The number of carbonyl (C=O) groups excluding carboxylic acids is 2. The van der Waals surface area contributed by atoms with Crippen molar-refractivity contribution in [3.8, 4) is 17.2 Å². The van der Waals surface area contributed by atoms with E-state index in [-0.39, 0.29) is 0 Å². The van der Waals surface area contributed by atoms with Crippen LogP contribution in [0.3, 0.4) is 0 Å². The smallest absolute Gasteiger partial charge is 0.150 e. The third-order valence-corrected chi connectivity index (χ3v) is 3.02. The van der Waals surface area contributed by atoms with Gasteiger partial charge in [-0.25, -0.2) is 0 Å². The van der Waals surface area contributed by atoms with E-state index in [0.29, 0.717) is 28.4 Å². The third kappa shape index (κ3) is 5.42. The van der Waals surface area contributed by atoms with Crippen molar-refractivity contribution in [2.45, 2.75) is 0 Å². The zero-order valence-electron chi connectivity index (χ0n) is 12.8. The van der Waals surface area contributed by atoms with Crippen molar-refractivity contribution in [1.29, 1.82) is 0 Å². The van der Waals surface area contributed by atoms with Crippen LogP contribution in [0.25, 0.3) is 0 Å². The number of hydrogen-bond acceptors (Lipinski definition) is 4. The molecule has 3 aromatic rings.